The lowest BCUT2D eigenvalue weighted by atomic mass is 9.78. The molecule has 4 heteroatoms. The number of ketones is 1. The van der Waals surface area contributed by atoms with E-state index in [2.05, 4.69) is 4.90 Å². The van der Waals surface area contributed by atoms with Crippen LogP contribution in [-0.4, -0.2) is 36.2 Å². The summed E-state index contributed by atoms with van der Waals surface area (Å²) in [6.07, 6.45) is 10.2. The van der Waals surface area contributed by atoms with Crippen molar-refractivity contribution in [2.24, 2.45) is 23.5 Å². The van der Waals surface area contributed by atoms with Gasteiger partial charge < -0.3 is 10.6 Å². The molecule has 1 aliphatic heterocycles. The van der Waals surface area contributed by atoms with Gasteiger partial charge >= 0.3 is 0 Å². The van der Waals surface area contributed by atoms with E-state index in [0.717, 1.165) is 70.5 Å². The Bertz CT molecular complexity index is 381. The third-order valence-electron chi connectivity index (χ3n) is 5.87. The van der Waals surface area contributed by atoms with E-state index in [-0.39, 0.29) is 11.8 Å². The van der Waals surface area contributed by atoms with Crippen molar-refractivity contribution in [3.63, 3.8) is 0 Å². The molecule has 0 aromatic carbocycles. The lowest BCUT2D eigenvalue weighted by molar-refractivity contribution is -0.139. The van der Waals surface area contributed by atoms with Crippen LogP contribution in [0.25, 0.3) is 0 Å². The highest BCUT2D eigenvalue weighted by Crippen LogP contribution is 2.32. The zero-order valence-corrected chi connectivity index (χ0v) is 14.8. The molecule has 0 aromatic heterocycles. The Morgan fingerprint density at radius 3 is 2.13 bits per heavy atom. The summed E-state index contributed by atoms with van der Waals surface area (Å²) < 4.78 is 0. The number of unbranched alkanes of at least 4 members (excludes halogenated alkanes) is 1. The predicted octanol–water partition coefficient (Wildman–Crippen LogP) is 3.14. The number of hydrogen-bond acceptors (Lipinski definition) is 3. The molecule has 4 nitrogen and oxygen atoms in total. The second-order valence-electron chi connectivity index (χ2n) is 7.42. The highest BCUT2D eigenvalue weighted by atomic mass is 16.2. The van der Waals surface area contributed by atoms with Crippen molar-refractivity contribution in [1.29, 1.82) is 0 Å². The van der Waals surface area contributed by atoms with Crippen molar-refractivity contribution >= 4 is 11.7 Å². The maximum absolute atomic E-state index is 12.7. The molecule has 0 radical (unpaired) electrons. The van der Waals surface area contributed by atoms with Gasteiger partial charge in [0.25, 0.3) is 0 Å². The van der Waals surface area contributed by atoms with Crippen LogP contribution < -0.4 is 5.73 Å². The van der Waals surface area contributed by atoms with Gasteiger partial charge in [0, 0.05) is 31.3 Å². The van der Waals surface area contributed by atoms with Crippen molar-refractivity contribution in [3.05, 3.63) is 0 Å². The van der Waals surface area contributed by atoms with Gasteiger partial charge in [0.1, 0.15) is 5.78 Å². The second kappa shape index (κ2) is 9.41. The molecule has 0 unspecified atom stereocenters. The summed E-state index contributed by atoms with van der Waals surface area (Å²) in [7, 11) is 0. The van der Waals surface area contributed by atoms with Gasteiger partial charge in [-0.2, -0.15) is 0 Å². The topological polar surface area (TPSA) is 63.4 Å². The molecule has 2 N–H and O–H groups in total. The highest BCUT2D eigenvalue weighted by molar-refractivity contribution is 5.82. The predicted molar refractivity (Wildman–Crippen MR) is 93.0 cm³/mol. The van der Waals surface area contributed by atoms with Crippen LogP contribution in [0, 0.1) is 17.8 Å². The third-order valence-corrected chi connectivity index (χ3v) is 5.87. The summed E-state index contributed by atoms with van der Waals surface area (Å²) in [4.78, 5) is 26.6. The fraction of sp³-hybridized carbons (Fsp3) is 0.895. The van der Waals surface area contributed by atoms with Crippen LogP contribution in [0.4, 0.5) is 0 Å². The maximum Gasteiger partial charge on any atom is 0.225 e. The van der Waals surface area contributed by atoms with Crippen molar-refractivity contribution in [2.45, 2.75) is 71.1 Å². The molecular weight excluding hydrogens is 288 g/mol. The average molecular weight is 322 g/mol. The Morgan fingerprint density at radius 1 is 0.957 bits per heavy atom. The molecule has 132 valence electrons. The minimum atomic E-state index is 0.171. The van der Waals surface area contributed by atoms with Crippen LogP contribution in [0.3, 0.4) is 0 Å². The molecular formula is C19H34N2O2. The molecule has 1 heterocycles. The Hall–Kier alpha value is -0.900. The summed E-state index contributed by atoms with van der Waals surface area (Å²) in [5.74, 6) is 1.91. The van der Waals surface area contributed by atoms with Crippen molar-refractivity contribution in [1.82, 2.24) is 4.90 Å². The van der Waals surface area contributed by atoms with Gasteiger partial charge in [-0.25, -0.2) is 0 Å². The van der Waals surface area contributed by atoms with Gasteiger partial charge in [-0.15, -0.1) is 0 Å². The molecule has 0 atom stereocenters. The molecule has 1 saturated carbocycles. The molecule has 0 bridgehead atoms. The van der Waals surface area contributed by atoms with E-state index in [0.29, 0.717) is 18.1 Å². The van der Waals surface area contributed by atoms with E-state index in [4.69, 9.17) is 5.73 Å². The Balaban J connectivity index is 1.70. The first-order chi connectivity index (χ1) is 11.2. The van der Waals surface area contributed by atoms with Crippen LogP contribution >= 0.6 is 0 Å². The van der Waals surface area contributed by atoms with E-state index in [1.807, 2.05) is 6.92 Å². The standard InChI is InChI=1S/C19H34N2O2/c1-2-18(22)16-6-8-17(9-7-16)19(23)21-13-10-15(11-14-21)5-3-4-12-20/h15-17H,2-14,20H2,1H3. The van der Waals surface area contributed by atoms with E-state index in [9.17, 15) is 9.59 Å². The maximum atomic E-state index is 12.7. The second-order valence-corrected chi connectivity index (χ2v) is 7.42. The van der Waals surface area contributed by atoms with E-state index in [1.165, 1.54) is 12.8 Å². The first-order valence-electron chi connectivity index (χ1n) is 9.67. The number of amides is 1. The molecule has 2 fully saturated rings. The number of Topliss-reactive ketones (excluding diaryl/α,β-unsaturated/α-hetero) is 1. The number of likely N-dealkylation sites (tertiary alicyclic amines) is 1. The Labute approximate surface area is 141 Å². The summed E-state index contributed by atoms with van der Waals surface area (Å²) in [5.41, 5.74) is 5.55. The first-order valence-corrected chi connectivity index (χ1v) is 9.67. The molecule has 23 heavy (non-hydrogen) atoms. The van der Waals surface area contributed by atoms with Crippen LogP contribution in [0.2, 0.25) is 0 Å². The molecule has 0 spiro atoms. The molecule has 2 rings (SSSR count). The summed E-state index contributed by atoms with van der Waals surface area (Å²) in [6, 6.07) is 0. The number of piperidine rings is 1. The van der Waals surface area contributed by atoms with E-state index < -0.39 is 0 Å². The molecule has 1 amide bonds. The fourth-order valence-electron chi connectivity index (χ4n) is 4.23. The average Bonchev–Trinajstić information content (AvgIpc) is 2.61. The van der Waals surface area contributed by atoms with Gasteiger partial charge in [-0.05, 0) is 57.4 Å². The van der Waals surface area contributed by atoms with Crippen molar-refractivity contribution in [2.75, 3.05) is 19.6 Å². The number of nitrogens with zero attached hydrogens (tertiary/aromatic N) is 1. The van der Waals surface area contributed by atoms with E-state index >= 15 is 0 Å². The zero-order valence-electron chi connectivity index (χ0n) is 14.8. The van der Waals surface area contributed by atoms with Crippen LogP contribution in [0.5, 0.6) is 0 Å². The summed E-state index contributed by atoms with van der Waals surface area (Å²) in [6.45, 7) is 4.59. The van der Waals surface area contributed by atoms with Crippen molar-refractivity contribution < 1.29 is 9.59 Å². The minimum Gasteiger partial charge on any atom is -0.342 e. The van der Waals surface area contributed by atoms with Crippen LogP contribution in [0.15, 0.2) is 0 Å². The van der Waals surface area contributed by atoms with Gasteiger partial charge in [0.05, 0.1) is 0 Å². The van der Waals surface area contributed by atoms with Crippen LogP contribution in [0.1, 0.15) is 71.1 Å². The lowest BCUT2D eigenvalue weighted by Gasteiger charge is -2.36. The fourth-order valence-corrected chi connectivity index (χ4v) is 4.23. The SMILES string of the molecule is CCC(=O)C1CCC(C(=O)N2CCC(CCCCN)CC2)CC1. The number of rotatable bonds is 7. The number of carbonyl (C=O) groups is 2. The summed E-state index contributed by atoms with van der Waals surface area (Å²) >= 11 is 0. The molecule has 0 aromatic rings. The Kier molecular flexibility index (Phi) is 7.54. The first kappa shape index (κ1) is 18.4. The normalized spacial score (nSPS) is 26.3. The van der Waals surface area contributed by atoms with Gasteiger partial charge in [0.15, 0.2) is 0 Å². The van der Waals surface area contributed by atoms with E-state index in [1.54, 1.807) is 0 Å². The number of hydrogen-bond donors (Lipinski definition) is 1. The zero-order chi connectivity index (χ0) is 16.7. The van der Waals surface area contributed by atoms with Gasteiger partial charge in [-0.1, -0.05) is 19.8 Å². The lowest BCUT2D eigenvalue weighted by Crippen LogP contribution is -2.43. The van der Waals surface area contributed by atoms with Gasteiger partial charge in [-0.3, -0.25) is 9.59 Å². The quantitative estimate of drug-likeness (QED) is 0.732. The molecule has 1 saturated heterocycles. The van der Waals surface area contributed by atoms with Gasteiger partial charge in [0.2, 0.25) is 5.91 Å². The summed E-state index contributed by atoms with van der Waals surface area (Å²) in [5, 5.41) is 0. The highest BCUT2D eigenvalue weighted by Gasteiger charge is 2.32. The molecule has 2 aliphatic rings. The number of nitrogens with two attached hydrogens (primary N) is 1. The minimum absolute atomic E-state index is 0.171. The van der Waals surface area contributed by atoms with Crippen molar-refractivity contribution in [3.8, 4) is 0 Å². The Morgan fingerprint density at radius 2 is 1.57 bits per heavy atom. The van der Waals surface area contributed by atoms with Crippen LogP contribution in [-0.2, 0) is 9.59 Å². The smallest absolute Gasteiger partial charge is 0.225 e. The monoisotopic (exact) mass is 322 g/mol. The number of carbonyl (C=O) groups excluding carboxylic acids is 2. The third kappa shape index (κ3) is 5.30. The largest absolute Gasteiger partial charge is 0.342 e. The molecule has 1 aliphatic carbocycles.